The maximum Gasteiger partial charge on any atom is 0.416 e. The Morgan fingerprint density at radius 2 is 2.19 bits per heavy atom. The maximum absolute atomic E-state index is 12.9. The second-order valence-electron chi connectivity index (χ2n) is 6.13. The van der Waals surface area contributed by atoms with E-state index in [4.69, 9.17) is 9.47 Å². The zero-order valence-corrected chi connectivity index (χ0v) is 11.9. The molecule has 0 unspecified atom stereocenters. The Morgan fingerprint density at radius 3 is 2.86 bits per heavy atom. The van der Waals surface area contributed by atoms with Gasteiger partial charge in [0.2, 0.25) is 5.91 Å². The van der Waals surface area contributed by atoms with Gasteiger partial charge in [-0.25, -0.2) is 9.69 Å². The molecule has 3 amide bonds. The molecular formula is C14H18N2O5. The smallest absolute Gasteiger partial charge is 0.416 e. The number of piperidine rings is 1. The topological polar surface area (TPSA) is 76.2 Å². The highest BCUT2D eigenvalue weighted by atomic mass is 16.6. The van der Waals surface area contributed by atoms with Crippen molar-refractivity contribution in [3.05, 3.63) is 0 Å². The monoisotopic (exact) mass is 294 g/mol. The molecule has 0 aromatic rings. The zero-order valence-electron chi connectivity index (χ0n) is 11.9. The first-order chi connectivity index (χ1) is 10.1. The number of ether oxygens (including phenoxy) is 2. The molecule has 0 saturated carbocycles. The summed E-state index contributed by atoms with van der Waals surface area (Å²) < 4.78 is 10.9. The molecule has 7 heteroatoms. The Balaban J connectivity index is 1.71. The summed E-state index contributed by atoms with van der Waals surface area (Å²) in [6.07, 6.45) is 1.09. The standard InChI is InChI=1S/C14H18N2O5/c1-2-8-9(11(17)15-6-7-20-13(15)19)14-4-3-5-16(14)12(18)10(8)21-14/h8-10H,2-7H2,1H3/t8-,9+,10+,14-/m0/s1. The molecule has 114 valence electrons. The minimum atomic E-state index is -0.817. The molecule has 0 radical (unpaired) electrons. The van der Waals surface area contributed by atoms with E-state index in [1.165, 1.54) is 4.90 Å². The first kappa shape index (κ1) is 13.1. The highest BCUT2D eigenvalue weighted by Gasteiger charge is 2.71. The Morgan fingerprint density at radius 1 is 1.38 bits per heavy atom. The summed E-state index contributed by atoms with van der Waals surface area (Å²) >= 11 is 0. The molecule has 0 aromatic heterocycles. The number of carbonyl (C=O) groups is 3. The first-order valence-electron chi connectivity index (χ1n) is 7.57. The van der Waals surface area contributed by atoms with E-state index in [9.17, 15) is 14.4 Å². The van der Waals surface area contributed by atoms with Gasteiger partial charge < -0.3 is 14.4 Å². The lowest BCUT2D eigenvalue weighted by Gasteiger charge is -2.39. The summed E-state index contributed by atoms with van der Waals surface area (Å²) in [4.78, 5) is 39.8. The van der Waals surface area contributed by atoms with Crippen LogP contribution in [-0.2, 0) is 19.1 Å². The van der Waals surface area contributed by atoms with Crippen molar-refractivity contribution in [2.75, 3.05) is 19.7 Å². The van der Waals surface area contributed by atoms with Crippen LogP contribution in [0.4, 0.5) is 4.79 Å². The summed E-state index contributed by atoms with van der Waals surface area (Å²) in [5.41, 5.74) is -0.817. The molecule has 2 bridgehead atoms. The average molecular weight is 294 g/mol. The lowest BCUT2D eigenvalue weighted by Crippen LogP contribution is -2.58. The maximum atomic E-state index is 12.9. The highest BCUT2D eigenvalue weighted by Crippen LogP contribution is 2.56. The molecule has 4 aliphatic rings. The van der Waals surface area contributed by atoms with E-state index in [0.29, 0.717) is 25.9 Å². The molecular weight excluding hydrogens is 276 g/mol. The lowest BCUT2D eigenvalue weighted by molar-refractivity contribution is -0.151. The van der Waals surface area contributed by atoms with Crippen molar-refractivity contribution in [1.82, 2.24) is 9.80 Å². The van der Waals surface area contributed by atoms with Crippen LogP contribution in [0.25, 0.3) is 0 Å². The number of fused-ring (bicyclic) bond motifs is 1. The van der Waals surface area contributed by atoms with E-state index in [1.54, 1.807) is 4.90 Å². The number of rotatable bonds is 2. The van der Waals surface area contributed by atoms with Gasteiger partial charge in [0.15, 0.2) is 5.72 Å². The highest BCUT2D eigenvalue weighted by molar-refractivity contribution is 5.98. The molecule has 0 aliphatic carbocycles. The first-order valence-corrected chi connectivity index (χ1v) is 7.57. The van der Waals surface area contributed by atoms with Crippen LogP contribution in [0.5, 0.6) is 0 Å². The lowest BCUT2D eigenvalue weighted by atomic mass is 9.77. The Bertz CT molecular complexity index is 535. The molecule has 4 heterocycles. The normalized spacial score (nSPS) is 40.9. The van der Waals surface area contributed by atoms with Crippen LogP contribution in [0.1, 0.15) is 26.2 Å². The second-order valence-corrected chi connectivity index (χ2v) is 6.13. The van der Waals surface area contributed by atoms with Gasteiger partial charge in [0, 0.05) is 12.5 Å². The van der Waals surface area contributed by atoms with Crippen molar-refractivity contribution in [2.45, 2.75) is 38.0 Å². The van der Waals surface area contributed by atoms with Crippen molar-refractivity contribution in [3.8, 4) is 0 Å². The Labute approximate surface area is 122 Å². The summed E-state index contributed by atoms with van der Waals surface area (Å²) in [6, 6.07) is 0. The average Bonchev–Trinajstić information content (AvgIpc) is 3.18. The van der Waals surface area contributed by atoms with E-state index in [0.717, 1.165) is 6.42 Å². The molecule has 1 spiro atoms. The molecule has 0 aromatic carbocycles. The number of hydrogen-bond donors (Lipinski definition) is 0. The van der Waals surface area contributed by atoms with Crippen LogP contribution in [-0.4, -0.2) is 59.2 Å². The van der Waals surface area contributed by atoms with Gasteiger partial charge in [0.25, 0.3) is 5.91 Å². The fourth-order valence-electron chi connectivity index (χ4n) is 4.42. The summed E-state index contributed by atoms with van der Waals surface area (Å²) in [5, 5.41) is 0. The Hall–Kier alpha value is -1.63. The second kappa shape index (κ2) is 4.19. The van der Waals surface area contributed by atoms with Crippen molar-refractivity contribution >= 4 is 17.9 Å². The molecule has 7 nitrogen and oxygen atoms in total. The molecule has 4 rings (SSSR count). The third-order valence-corrected chi connectivity index (χ3v) is 5.28. The van der Waals surface area contributed by atoms with Gasteiger partial charge in [0.1, 0.15) is 12.7 Å². The van der Waals surface area contributed by atoms with Gasteiger partial charge in [-0.2, -0.15) is 0 Å². The van der Waals surface area contributed by atoms with Crippen LogP contribution in [0.3, 0.4) is 0 Å². The third kappa shape index (κ3) is 1.44. The van der Waals surface area contributed by atoms with Crippen molar-refractivity contribution in [1.29, 1.82) is 0 Å². The number of cyclic esters (lactones) is 1. The van der Waals surface area contributed by atoms with Crippen molar-refractivity contribution < 1.29 is 23.9 Å². The van der Waals surface area contributed by atoms with Crippen molar-refractivity contribution in [3.63, 3.8) is 0 Å². The predicted octanol–water partition coefficient (Wildman–Crippen LogP) is 0.339. The third-order valence-electron chi connectivity index (χ3n) is 5.28. The number of amides is 3. The predicted molar refractivity (Wildman–Crippen MR) is 68.9 cm³/mol. The fraction of sp³-hybridized carbons (Fsp3) is 0.786. The van der Waals surface area contributed by atoms with E-state index in [1.807, 2.05) is 6.92 Å². The number of imide groups is 1. The van der Waals surface area contributed by atoms with Gasteiger partial charge >= 0.3 is 6.09 Å². The molecule has 4 saturated heterocycles. The molecule has 4 atom stereocenters. The van der Waals surface area contributed by atoms with Crippen LogP contribution in [0.15, 0.2) is 0 Å². The van der Waals surface area contributed by atoms with Crippen molar-refractivity contribution in [2.24, 2.45) is 11.8 Å². The van der Waals surface area contributed by atoms with Gasteiger partial charge in [0.05, 0.1) is 12.5 Å². The summed E-state index contributed by atoms with van der Waals surface area (Å²) in [5.74, 6) is -0.829. The van der Waals surface area contributed by atoms with Crippen LogP contribution < -0.4 is 0 Å². The number of hydrogen-bond acceptors (Lipinski definition) is 5. The summed E-state index contributed by atoms with van der Waals surface area (Å²) in [7, 11) is 0. The summed E-state index contributed by atoms with van der Waals surface area (Å²) in [6.45, 7) is 3.13. The molecule has 21 heavy (non-hydrogen) atoms. The Kier molecular flexibility index (Phi) is 2.61. The van der Waals surface area contributed by atoms with Crippen LogP contribution >= 0.6 is 0 Å². The van der Waals surface area contributed by atoms with E-state index >= 15 is 0 Å². The van der Waals surface area contributed by atoms with Gasteiger partial charge in [-0.15, -0.1) is 0 Å². The minimum Gasteiger partial charge on any atom is -0.447 e. The van der Waals surface area contributed by atoms with Crippen LogP contribution in [0.2, 0.25) is 0 Å². The van der Waals surface area contributed by atoms with E-state index < -0.39 is 23.8 Å². The SMILES string of the molecule is CC[C@@H]1[C@H]2O[C@@]3(CCCN3C2=O)[C@H]1C(=O)N1CCOC1=O. The largest absolute Gasteiger partial charge is 0.447 e. The molecule has 0 N–H and O–H groups in total. The van der Waals surface area contributed by atoms with E-state index in [-0.39, 0.29) is 24.3 Å². The van der Waals surface area contributed by atoms with E-state index in [2.05, 4.69) is 0 Å². The van der Waals surface area contributed by atoms with Gasteiger partial charge in [-0.05, 0) is 19.3 Å². The van der Waals surface area contributed by atoms with Gasteiger partial charge in [-0.3, -0.25) is 9.59 Å². The van der Waals surface area contributed by atoms with Crippen LogP contribution in [0, 0.1) is 11.8 Å². The number of carbonyl (C=O) groups excluding carboxylic acids is 3. The number of nitrogens with zero attached hydrogens (tertiary/aromatic N) is 2. The fourth-order valence-corrected chi connectivity index (χ4v) is 4.42. The molecule has 4 fully saturated rings. The van der Waals surface area contributed by atoms with Gasteiger partial charge in [-0.1, -0.05) is 6.92 Å². The minimum absolute atomic E-state index is 0.00685. The quantitative estimate of drug-likeness (QED) is 0.734. The zero-order chi connectivity index (χ0) is 14.8. The molecule has 4 aliphatic heterocycles.